The fourth-order valence-corrected chi connectivity index (χ4v) is 4.02. The van der Waals surface area contributed by atoms with Gasteiger partial charge in [-0.05, 0) is 57.5 Å². The van der Waals surface area contributed by atoms with E-state index in [1.54, 1.807) is 11.3 Å². The Hall–Kier alpha value is -1.36. The second-order valence-corrected chi connectivity index (χ2v) is 7.21. The number of halogens is 1. The van der Waals surface area contributed by atoms with Crippen LogP contribution in [-0.2, 0) is 13.1 Å². The fourth-order valence-electron chi connectivity index (χ4n) is 2.49. The second-order valence-electron chi connectivity index (χ2n) is 5.30. The molecule has 108 valence electrons. The standard InChI is InChI=1S/C17H17BrN2S/c1-20(10-16-8-15(18)11-21-16)9-14-6-12-4-2-3-5-13(12)7-17(14)19/h2-8,11H,9-10,19H2,1H3. The van der Waals surface area contributed by atoms with Crippen molar-refractivity contribution in [1.82, 2.24) is 4.90 Å². The van der Waals surface area contributed by atoms with Crippen molar-refractivity contribution in [2.24, 2.45) is 0 Å². The molecule has 0 spiro atoms. The molecule has 0 unspecified atom stereocenters. The lowest BCUT2D eigenvalue weighted by atomic mass is 10.0. The van der Waals surface area contributed by atoms with Crippen molar-refractivity contribution in [3.05, 3.63) is 62.8 Å². The average Bonchev–Trinajstić information content (AvgIpc) is 2.85. The van der Waals surface area contributed by atoms with Crippen LogP contribution in [0.5, 0.6) is 0 Å². The largest absolute Gasteiger partial charge is 0.398 e. The number of thiophene rings is 1. The maximum Gasteiger partial charge on any atom is 0.0366 e. The van der Waals surface area contributed by atoms with Crippen molar-refractivity contribution in [1.29, 1.82) is 0 Å². The third-order valence-electron chi connectivity index (χ3n) is 3.50. The number of rotatable bonds is 4. The Balaban J connectivity index is 1.79. The van der Waals surface area contributed by atoms with E-state index in [0.29, 0.717) is 0 Å². The quantitative estimate of drug-likeness (QED) is 0.671. The molecule has 3 aromatic rings. The van der Waals surface area contributed by atoms with Crippen molar-refractivity contribution in [3.63, 3.8) is 0 Å². The van der Waals surface area contributed by atoms with Gasteiger partial charge < -0.3 is 5.73 Å². The Kier molecular flexibility index (Phi) is 4.29. The number of nitrogens with zero attached hydrogens (tertiary/aromatic N) is 1. The third-order valence-corrected chi connectivity index (χ3v) is 5.18. The summed E-state index contributed by atoms with van der Waals surface area (Å²) >= 11 is 5.27. The summed E-state index contributed by atoms with van der Waals surface area (Å²) < 4.78 is 1.15. The van der Waals surface area contributed by atoms with E-state index in [-0.39, 0.29) is 0 Å². The molecule has 0 aliphatic rings. The Morgan fingerprint density at radius 2 is 1.81 bits per heavy atom. The smallest absolute Gasteiger partial charge is 0.0366 e. The highest BCUT2D eigenvalue weighted by atomic mass is 79.9. The molecule has 0 bridgehead atoms. The molecule has 0 saturated heterocycles. The summed E-state index contributed by atoms with van der Waals surface area (Å²) in [6.45, 7) is 1.79. The van der Waals surface area contributed by atoms with Crippen molar-refractivity contribution in [2.75, 3.05) is 12.8 Å². The molecule has 0 amide bonds. The van der Waals surface area contributed by atoms with Gasteiger partial charge in [0.25, 0.3) is 0 Å². The topological polar surface area (TPSA) is 29.3 Å². The Labute approximate surface area is 137 Å². The van der Waals surface area contributed by atoms with Crippen LogP contribution in [0.15, 0.2) is 52.3 Å². The van der Waals surface area contributed by atoms with Gasteiger partial charge in [-0.3, -0.25) is 4.90 Å². The summed E-state index contributed by atoms with van der Waals surface area (Å²) in [5.41, 5.74) is 8.26. The lowest BCUT2D eigenvalue weighted by Gasteiger charge is -2.17. The lowest BCUT2D eigenvalue weighted by molar-refractivity contribution is 0.322. The van der Waals surface area contributed by atoms with Crippen LogP contribution in [0, 0.1) is 0 Å². The number of hydrogen-bond donors (Lipinski definition) is 1. The minimum Gasteiger partial charge on any atom is -0.398 e. The molecule has 4 heteroatoms. The Morgan fingerprint density at radius 1 is 1.10 bits per heavy atom. The minimum atomic E-state index is 0.853. The van der Waals surface area contributed by atoms with E-state index in [9.17, 15) is 0 Å². The number of fused-ring (bicyclic) bond motifs is 1. The lowest BCUT2D eigenvalue weighted by Crippen LogP contribution is -2.17. The van der Waals surface area contributed by atoms with Gasteiger partial charge in [-0.1, -0.05) is 24.3 Å². The first kappa shape index (κ1) is 14.6. The first-order valence-electron chi connectivity index (χ1n) is 6.80. The van der Waals surface area contributed by atoms with Gasteiger partial charge in [0.2, 0.25) is 0 Å². The second kappa shape index (κ2) is 6.18. The van der Waals surface area contributed by atoms with Gasteiger partial charge in [0, 0.05) is 33.5 Å². The molecule has 3 rings (SSSR count). The van der Waals surface area contributed by atoms with Gasteiger partial charge in [0.1, 0.15) is 0 Å². The van der Waals surface area contributed by atoms with E-state index >= 15 is 0 Å². The number of nitrogen functional groups attached to an aromatic ring is 1. The molecular weight excluding hydrogens is 344 g/mol. The molecule has 0 atom stereocenters. The highest BCUT2D eigenvalue weighted by Crippen LogP contribution is 2.25. The van der Waals surface area contributed by atoms with E-state index in [1.807, 2.05) is 6.07 Å². The van der Waals surface area contributed by atoms with Crippen LogP contribution in [0.3, 0.4) is 0 Å². The number of hydrogen-bond acceptors (Lipinski definition) is 3. The third kappa shape index (κ3) is 3.46. The molecular formula is C17H17BrN2S. The van der Waals surface area contributed by atoms with Crippen molar-refractivity contribution >= 4 is 43.7 Å². The van der Waals surface area contributed by atoms with Gasteiger partial charge in [-0.25, -0.2) is 0 Å². The zero-order chi connectivity index (χ0) is 14.8. The number of nitrogens with two attached hydrogens (primary N) is 1. The van der Waals surface area contributed by atoms with E-state index in [1.165, 1.54) is 21.2 Å². The van der Waals surface area contributed by atoms with Crippen molar-refractivity contribution < 1.29 is 0 Å². The first-order chi connectivity index (χ1) is 10.1. The van der Waals surface area contributed by atoms with Crippen LogP contribution in [-0.4, -0.2) is 11.9 Å². The van der Waals surface area contributed by atoms with Crippen LogP contribution in [0.25, 0.3) is 10.8 Å². The summed E-state index contributed by atoms with van der Waals surface area (Å²) in [5.74, 6) is 0. The van der Waals surface area contributed by atoms with E-state index in [0.717, 1.165) is 23.2 Å². The maximum absolute atomic E-state index is 6.20. The van der Waals surface area contributed by atoms with Gasteiger partial charge in [0.05, 0.1) is 0 Å². The highest BCUT2D eigenvalue weighted by Gasteiger charge is 2.07. The zero-order valence-electron chi connectivity index (χ0n) is 11.8. The summed E-state index contributed by atoms with van der Waals surface area (Å²) in [4.78, 5) is 3.64. The molecule has 0 saturated carbocycles. The Bertz CT molecular complexity index is 766. The Morgan fingerprint density at radius 3 is 2.48 bits per heavy atom. The van der Waals surface area contributed by atoms with E-state index in [2.05, 4.69) is 69.7 Å². The molecule has 0 radical (unpaired) electrons. The molecule has 0 fully saturated rings. The molecule has 2 nitrogen and oxygen atoms in total. The molecule has 1 aromatic heterocycles. The number of benzene rings is 2. The predicted molar refractivity (Wildman–Crippen MR) is 95.6 cm³/mol. The SMILES string of the molecule is CN(Cc1cc(Br)cs1)Cc1cc2ccccc2cc1N. The normalized spacial score (nSPS) is 11.4. The van der Waals surface area contributed by atoms with Crippen LogP contribution >= 0.6 is 27.3 Å². The molecule has 21 heavy (non-hydrogen) atoms. The van der Waals surface area contributed by atoms with E-state index in [4.69, 9.17) is 5.73 Å². The maximum atomic E-state index is 6.20. The molecule has 1 heterocycles. The molecule has 2 N–H and O–H groups in total. The van der Waals surface area contributed by atoms with Crippen molar-refractivity contribution in [3.8, 4) is 0 Å². The van der Waals surface area contributed by atoms with Crippen LogP contribution in [0.4, 0.5) is 5.69 Å². The highest BCUT2D eigenvalue weighted by molar-refractivity contribution is 9.10. The average molecular weight is 361 g/mol. The monoisotopic (exact) mass is 360 g/mol. The van der Waals surface area contributed by atoms with Gasteiger partial charge in [-0.2, -0.15) is 0 Å². The van der Waals surface area contributed by atoms with Gasteiger partial charge >= 0.3 is 0 Å². The van der Waals surface area contributed by atoms with Crippen molar-refractivity contribution in [2.45, 2.75) is 13.1 Å². The molecule has 2 aromatic carbocycles. The van der Waals surface area contributed by atoms with Crippen LogP contribution < -0.4 is 5.73 Å². The summed E-state index contributed by atoms with van der Waals surface area (Å²) in [7, 11) is 2.13. The first-order valence-corrected chi connectivity index (χ1v) is 8.47. The molecule has 0 aliphatic carbocycles. The summed E-state index contributed by atoms with van der Waals surface area (Å²) in [6.07, 6.45) is 0. The van der Waals surface area contributed by atoms with E-state index < -0.39 is 0 Å². The fraction of sp³-hybridized carbons (Fsp3) is 0.176. The predicted octanol–water partition coefficient (Wildman–Crippen LogP) is 4.88. The van der Waals surface area contributed by atoms with Crippen LogP contribution in [0.2, 0.25) is 0 Å². The molecule has 0 aliphatic heterocycles. The minimum absolute atomic E-state index is 0.853. The zero-order valence-corrected chi connectivity index (χ0v) is 14.2. The summed E-state index contributed by atoms with van der Waals surface area (Å²) in [6, 6.07) is 14.8. The van der Waals surface area contributed by atoms with Gasteiger partial charge in [-0.15, -0.1) is 11.3 Å². The van der Waals surface area contributed by atoms with Gasteiger partial charge in [0.15, 0.2) is 0 Å². The number of anilines is 1. The summed E-state index contributed by atoms with van der Waals surface area (Å²) in [5, 5.41) is 4.56. The van der Waals surface area contributed by atoms with Crippen LogP contribution in [0.1, 0.15) is 10.4 Å².